The van der Waals surface area contributed by atoms with Crippen molar-refractivity contribution >= 4 is 34.5 Å². The minimum absolute atomic E-state index is 0.00639. The number of aryl methyl sites for hydroxylation is 1. The Kier molecular flexibility index (Phi) is 7.22. The van der Waals surface area contributed by atoms with E-state index in [9.17, 15) is 10.2 Å². The number of aliphatic hydroxyl groups excluding tert-OH is 2. The second kappa shape index (κ2) is 10.7. The van der Waals surface area contributed by atoms with Gasteiger partial charge in [-0.15, -0.1) is 0 Å². The van der Waals surface area contributed by atoms with Crippen molar-refractivity contribution in [3.8, 4) is 0 Å². The Labute approximate surface area is 212 Å². The van der Waals surface area contributed by atoms with E-state index in [1.54, 1.807) is 6.20 Å². The Morgan fingerprint density at radius 3 is 2.56 bits per heavy atom. The number of nitrogens with zero attached hydrogens (tertiary/aromatic N) is 5. The normalized spacial score (nSPS) is 17.9. The maximum atomic E-state index is 10.1. The molecule has 3 heterocycles. The van der Waals surface area contributed by atoms with Crippen molar-refractivity contribution < 1.29 is 14.9 Å². The van der Waals surface area contributed by atoms with E-state index in [-0.39, 0.29) is 12.7 Å². The molecule has 3 aromatic rings. The zero-order valence-corrected chi connectivity index (χ0v) is 20.9. The van der Waals surface area contributed by atoms with Crippen LogP contribution in [0.3, 0.4) is 0 Å². The quantitative estimate of drug-likeness (QED) is 0.461. The van der Waals surface area contributed by atoms with Gasteiger partial charge in [0.2, 0.25) is 5.95 Å². The largest absolute Gasteiger partial charge is 0.392 e. The Hall–Kier alpha value is -3.40. The molecular formula is C27H34N6O3. The van der Waals surface area contributed by atoms with E-state index >= 15 is 0 Å². The van der Waals surface area contributed by atoms with Gasteiger partial charge in [-0.1, -0.05) is 12.1 Å². The van der Waals surface area contributed by atoms with Crippen molar-refractivity contribution in [2.75, 3.05) is 66.5 Å². The summed E-state index contributed by atoms with van der Waals surface area (Å²) in [7, 11) is 1.96. The van der Waals surface area contributed by atoms with Gasteiger partial charge in [-0.3, -0.25) is 0 Å². The number of rotatable bonds is 7. The van der Waals surface area contributed by atoms with E-state index in [2.05, 4.69) is 38.3 Å². The van der Waals surface area contributed by atoms with Gasteiger partial charge in [0.25, 0.3) is 0 Å². The summed E-state index contributed by atoms with van der Waals surface area (Å²) in [4.78, 5) is 15.8. The first-order chi connectivity index (χ1) is 17.5. The SMILES string of the molecule is Cc1ccc(CO)cc1N(C)c1ccnc(Nc2cc(N3CCOCC3)cc(N3CCC(O)C3)c2)n1. The third-order valence-electron chi connectivity index (χ3n) is 6.87. The number of β-amino-alcohol motifs (C(OH)–C–C–N with tert-alkyl or cyclic N) is 1. The summed E-state index contributed by atoms with van der Waals surface area (Å²) in [5, 5.41) is 23.1. The summed E-state index contributed by atoms with van der Waals surface area (Å²) in [6.07, 6.45) is 2.23. The Morgan fingerprint density at radius 2 is 1.83 bits per heavy atom. The van der Waals surface area contributed by atoms with Crippen molar-refractivity contribution in [1.29, 1.82) is 0 Å². The van der Waals surface area contributed by atoms with Gasteiger partial charge < -0.3 is 35.0 Å². The van der Waals surface area contributed by atoms with Crippen molar-refractivity contribution in [1.82, 2.24) is 9.97 Å². The van der Waals surface area contributed by atoms with E-state index in [4.69, 9.17) is 9.72 Å². The first-order valence-electron chi connectivity index (χ1n) is 12.4. The highest BCUT2D eigenvalue weighted by molar-refractivity contribution is 5.72. The zero-order valence-electron chi connectivity index (χ0n) is 20.9. The van der Waals surface area contributed by atoms with Crippen LogP contribution >= 0.6 is 0 Å². The van der Waals surface area contributed by atoms with Crippen molar-refractivity contribution in [3.63, 3.8) is 0 Å². The molecule has 2 saturated heterocycles. The highest BCUT2D eigenvalue weighted by Crippen LogP contribution is 2.32. The lowest BCUT2D eigenvalue weighted by molar-refractivity contribution is 0.122. The molecule has 2 fully saturated rings. The van der Waals surface area contributed by atoms with Gasteiger partial charge in [-0.05, 0) is 54.8 Å². The number of aromatic nitrogens is 2. The lowest BCUT2D eigenvalue weighted by atomic mass is 10.1. The van der Waals surface area contributed by atoms with Crippen LogP contribution < -0.4 is 20.0 Å². The molecule has 0 radical (unpaired) electrons. The third-order valence-corrected chi connectivity index (χ3v) is 6.87. The van der Waals surface area contributed by atoms with E-state index in [1.165, 1.54) is 0 Å². The molecule has 2 aliphatic rings. The molecule has 190 valence electrons. The van der Waals surface area contributed by atoms with Gasteiger partial charge in [0, 0.05) is 62.2 Å². The van der Waals surface area contributed by atoms with E-state index in [0.29, 0.717) is 25.7 Å². The molecule has 0 bridgehead atoms. The number of hydrogen-bond donors (Lipinski definition) is 3. The Bertz CT molecular complexity index is 1180. The Balaban J connectivity index is 1.43. The van der Waals surface area contributed by atoms with Crippen LogP contribution in [0.15, 0.2) is 48.7 Å². The molecular weight excluding hydrogens is 456 g/mol. The molecule has 2 aliphatic heterocycles. The molecule has 2 aromatic carbocycles. The van der Waals surface area contributed by atoms with E-state index in [0.717, 1.165) is 65.7 Å². The number of aliphatic hydroxyl groups is 2. The van der Waals surface area contributed by atoms with Crippen LogP contribution in [0.2, 0.25) is 0 Å². The number of anilines is 6. The summed E-state index contributed by atoms with van der Waals surface area (Å²) < 4.78 is 5.55. The minimum atomic E-state index is -0.295. The van der Waals surface area contributed by atoms with Crippen LogP contribution in [0.5, 0.6) is 0 Å². The number of morpholine rings is 1. The van der Waals surface area contributed by atoms with Crippen molar-refractivity contribution in [2.45, 2.75) is 26.1 Å². The highest BCUT2D eigenvalue weighted by atomic mass is 16.5. The maximum absolute atomic E-state index is 10.1. The van der Waals surface area contributed by atoms with Gasteiger partial charge in [0.05, 0.1) is 25.9 Å². The second-order valence-electron chi connectivity index (χ2n) is 9.43. The molecule has 1 aromatic heterocycles. The average Bonchev–Trinajstić information content (AvgIpc) is 3.35. The molecule has 9 nitrogen and oxygen atoms in total. The number of ether oxygens (including phenoxy) is 1. The zero-order chi connectivity index (χ0) is 25.1. The van der Waals surface area contributed by atoms with E-state index in [1.807, 2.05) is 43.1 Å². The minimum Gasteiger partial charge on any atom is -0.392 e. The summed E-state index contributed by atoms with van der Waals surface area (Å²) in [5.41, 5.74) is 6.02. The fourth-order valence-corrected chi connectivity index (χ4v) is 4.79. The first-order valence-corrected chi connectivity index (χ1v) is 12.4. The molecule has 9 heteroatoms. The number of nitrogens with one attached hydrogen (secondary N) is 1. The molecule has 0 spiro atoms. The maximum Gasteiger partial charge on any atom is 0.229 e. The lowest BCUT2D eigenvalue weighted by Gasteiger charge is -2.30. The standard InChI is InChI=1S/C27H34N6O3/c1-19-3-4-20(18-34)13-25(19)31(2)26-5-7-28-27(30-26)29-21-14-22(32-9-11-36-12-10-32)16-23(15-21)33-8-6-24(35)17-33/h3-5,7,13-16,24,34-35H,6,8-12,17-18H2,1-2H3,(H,28,29,30). The summed E-state index contributed by atoms with van der Waals surface area (Å²) in [6.45, 7) is 6.61. The van der Waals surface area contributed by atoms with Crippen LogP contribution in [-0.2, 0) is 11.3 Å². The molecule has 5 rings (SSSR count). The van der Waals surface area contributed by atoms with Gasteiger partial charge in [0.15, 0.2) is 0 Å². The molecule has 0 amide bonds. The fraction of sp³-hybridized carbons (Fsp3) is 0.407. The van der Waals surface area contributed by atoms with Crippen LogP contribution in [-0.4, -0.2) is 72.7 Å². The highest BCUT2D eigenvalue weighted by Gasteiger charge is 2.22. The lowest BCUT2D eigenvalue weighted by Crippen LogP contribution is -2.36. The molecule has 3 N–H and O–H groups in total. The third kappa shape index (κ3) is 5.38. The average molecular weight is 491 g/mol. The van der Waals surface area contributed by atoms with Crippen LogP contribution in [0.1, 0.15) is 17.5 Å². The predicted molar refractivity (Wildman–Crippen MR) is 143 cm³/mol. The van der Waals surface area contributed by atoms with Crippen LogP contribution in [0.25, 0.3) is 0 Å². The van der Waals surface area contributed by atoms with Crippen molar-refractivity contribution in [3.05, 3.63) is 59.8 Å². The number of benzene rings is 2. The van der Waals surface area contributed by atoms with E-state index < -0.39 is 0 Å². The molecule has 1 atom stereocenters. The topological polar surface area (TPSA) is 97.2 Å². The monoisotopic (exact) mass is 490 g/mol. The summed E-state index contributed by atoms with van der Waals surface area (Å²) in [6, 6.07) is 14.2. The van der Waals surface area contributed by atoms with Gasteiger partial charge in [-0.25, -0.2) is 4.98 Å². The molecule has 0 saturated carbocycles. The van der Waals surface area contributed by atoms with Gasteiger partial charge in [0.1, 0.15) is 5.82 Å². The second-order valence-corrected chi connectivity index (χ2v) is 9.43. The van der Waals surface area contributed by atoms with Gasteiger partial charge >= 0.3 is 0 Å². The Morgan fingerprint density at radius 1 is 1.06 bits per heavy atom. The predicted octanol–water partition coefficient (Wildman–Crippen LogP) is 3.20. The molecule has 1 unspecified atom stereocenters. The fourth-order valence-electron chi connectivity index (χ4n) is 4.79. The molecule has 0 aliphatic carbocycles. The van der Waals surface area contributed by atoms with Crippen molar-refractivity contribution in [2.24, 2.45) is 0 Å². The summed E-state index contributed by atoms with van der Waals surface area (Å²) >= 11 is 0. The number of hydrogen-bond acceptors (Lipinski definition) is 9. The van der Waals surface area contributed by atoms with Crippen LogP contribution in [0.4, 0.5) is 34.5 Å². The first kappa shape index (κ1) is 24.3. The van der Waals surface area contributed by atoms with Gasteiger partial charge in [-0.2, -0.15) is 4.98 Å². The van der Waals surface area contributed by atoms with Crippen LogP contribution in [0, 0.1) is 6.92 Å². The smallest absolute Gasteiger partial charge is 0.229 e. The molecule has 36 heavy (non-hydrogen) atoms. The summed E-state index contributed by atoms with van der Waals surface area (Å²) in [5.74, 6) is 1.25.